The molecule has 0 aliphatic carbocycles. The molecule has 846 valence electrons. The van der Waals surface area contributed by atoms with Crippen molar-refractivity contribution in [1.82, 2.24) is 29.4 Å². The van der Waals surface area contributed by atoms with Gasteiger partial charge in [0.25, 0.3) is 0 Å². The molecule has 0 fully saturated rings. The quantitative estimate of drug-likeness (QED) is 0.0417. The van der Waals surface area contributed by atoms with E-state index in [0.717, 1.165) is 104 Å². The van der Waals surface area contributed by atoms with Crippen LogP contribution >= 0.6 is 0 Å². The molecule has 0 aliphatic heterocycles. The number of carbonyl (C=O) groups excluding carboxylic acids is 2. The molecule has 0 aromatic heterocycles. The van der Waals surface area contributed by atoms with E-state index in [2.05, 4.69) is 38.3 Å². The molecule has 0 amide bonds. The molecule has 0 bridgehead atoms. The van der Waals surface area contributed by atoms with Crippen molar-refractivity contribution in [3.63, 3.8) is 0 Å². The van der Waals surface area contributed by atoms with Gasteiger partial charge >= 0.3 is 0 Å². The highest BCUT2D eigenvalue weighted by Crippen LogP contribution is 2.16. The first kappa shape index (κ1) is 146. The normalized spacial score (nSPS) is 11.5. The van der Waals surface area contributed by atoms with Crippen LogP contribution in [0.4, 0.5) is 0 Å². The van der Waals surface area contributed by atoms with Crippen LogP contribution in [0, 0.1) is 0 Å². The summed E-state index contributed by atoms with van der Waals surface area (Å²) in [5.41, 5.74) is -1.18. The minimum Gasteiger partial charge on any atom is -0.491 e. The molecule has 1 aromatic carbocycles. The zero-order valence-electron chi connectivity index (χ0n) is 88.0. The summed E-state index contributed by atoms with van der Waals surface area (Å²) in [7, 11) is 1.64. The van der Waals surface area contributed by atoms with E-state index < -0.39 is 25.4 Å². The Hall–Kier alpha value is -3.12. The smallest absolute Gasteiger partial charge is 0.136 e. The highest BCUT2D eigenvalue weighted by Gasteiger charge is 2.34. The van der Waals surface area contributed by atoms with Gasteiger partial charge in [-0.1, -0.05) is 148 Å². The SMILES string of the molecule is CCCCCCCCCCCCN(CCOCCO)CCOCCO.CCCCCCCCCCCCN(CCOCCOCCO)CCOCCOCCO.COCCCN(CCC(=O)CCO)CCC(=O)CCO.OCCCN(CCOCCOCCO)CCOCCOCCO.OCCN(CCO)C(CO)(CO)CO.OCCOCCN(CCOCCO)CCOCCOCCOc1ccccc1. The third kappa shape index (κ3) is 115. The van der Waals surface area contributed by atoms with E-state index in [-0.39, 0.29) is 123 Å². The van der Waals surface area contributed by atoms with Crippen LogP contribution in [0.1, 0.15) is 181 Å². The number of aliphatic hydroxyl groups is 16. The van der Waals surface area contributed by atoms with Crippen molar-refractivity contribution in [2.45, 2.75) is 186 Å². The Balaban J connectivity index is -0.000000532. The summed E-state index contributed by atoms with van der Waals surface area (Å²) >= 11 is 0. The fourth-order valence-electron chi connectivity index (χ4n) is 13.4. The maximum Gasteiger partial charge on any atom is 0.136 e. The molecule has 40 nitrogen and oxygen atoms in total. The van der Waals surface area contributed by atoms with Gasteiger partial charge in [-0.2, -0.15) is 0 Å². The van der Waals surface area contributed by atoms with Gasteiger partial charge in [0.1, 0.15) is 23.9 Å². The Morgan fingerprint density at radius 2 is 0.454 bits per heavy atom. The first-order valence-electron chi connectivity index (χ1n) is 52.6. The second-order valence-corrected chi connectivity index (χ2v) is 33.2. The Morgan fingerprint density at radius 1 is 0.220 bits per heavy atom. The number of hydrogen-bond donors (Lipinski definition) is 16. The third-order valence-corrected chi connectivity index (χ3v) is 21.6. The van der Waals surface area contributed by atoms with Crippen molar-refractivity contribution in [2.75, 3.05) is 422 Å². The van der Waals surface area contributed by atoms with Gasteiger partial charge in [-0.15, -0.1) is 0 Å². The number of methoxy groups -OCH3 is 1. The topological polar surface area (TPSA) is 525 Å². The molecule has 0 atom stereocenters. The highest BCUT2D eigenvalue weighted by molar-refractivity contribution is 5.79. The number of β-amino-alcohol motifs (C(OH)–C–C–N with tert-alkyl or cyclic N) is 2. The standard InChI is InChI=1S/C24H51NO6.C20H35NO7.C20H43NO4.C15H33NO7.C14H27NO5.C8H19NO5/c1-2-3-4-5-6-7-8-9-10-11-12-25(13-17-28-21-23-30-19-15-26)14-18-29-22-24-31-20-16-27;22-9-14-24-11-6-21(7-12-25-15-10-23)8-13-26-16-17-27-18-19-28-20-4-2-1-3-5-20;1-2-3-4-5-6-7-8-9-10-11-12-21(13-17-24-19-15-22)14-18-25-20-16-23;17-5-1-2-16(3-8-20-12-14-22-10-6-18)4-9-21-13-15-23-11-7-19;1-20-12-2-7-15(8-3-13(18)5-10-16)9-4-14(19)6-11-17;10-3-1-9(2-4-11)8(5-12,6-13)7-14/h26-27H,2-24H2,1H3;1-5,22-23H,6-19H2;22-23H,2-20H2,1H3;17-19H,1-15H2;16-17H,2-12H2,1H3;10-14H,1-7H2. The monoisotopic (exact) mass is 2050 g/mol. The first-order valence-corrected chi connectivity index (χ1v) is 52.6. The number of unbranched alkanes of at least 4 members (excludes halogenated alkanes) is 18. The summed E-state index contributed by atoms with van der Waals surface area (Å²) < 4.78 is 85.9. The number of carbonyl (C=O) groups is 2. The van der Waals surface area contributed by atoms with Crippen molar-refractivity contribution in [3.05, 3.63) is 30.3 Å². The number of aliphatic hydroxyl groups excluding tert-OH is 16. The highest BCUT2D eigenvalue weighted by atomic mass is 16.6. The molecule has 0 radical (unpaired) electrons. The van der Waals surface area contributed by atoms with Gasteiger partial charge in [0.05, 0.1) is 276 Å². The molecular formula is C101H208N6O34. The number of benzene rings is 1. The Kier molecular flexibility index (Phi) is 134. The lowest BCUT2D eigenvalue weighted by molar-refractivity contribution is -0.120. The molecule has 0 saturated heterocycles. The third-order valence-electron chi connectivity index (χ3n) is 21.6. The average molecular weight is 2050 g/mol. The van der Waals surface area contributed by atoms with Gasteiger partial charge in [-0.05, 0) is 50.9 Å². The van der Waals surface area contributed by atoms with Crippen molar-refractivity contribution in [3.8, 4) is 5.75 Å². The Morgan fingerprint density at radius 3 is 0.709 bits per heavy atom. The largest absolute Gasteiger partial charge is 0.491 e. The summed E-state index contributed by atoms with van der Waals surface area (Å²) in [6, 6.07) is 9.65. The number of nitrogens with zero attached hydrogens (tertiary/aromatic N) is 6. The first-order chi connectivity index (χ1) is 69.2. The zero-order valence-corrected chi connectivity index (χ0v) is 88.0. The molecule has 0 spiro atoms. The number of ether oxygens (including phenoxy) is 16. The van der Waals surface area contributed by atoms with Crippen molar-refractivity contribution in [2.24, 2.45) is 0 Å². The zero-order chi connectivity index (χ0) is 104. The van der Waals surface area contributed by atoms with E-state index >= 15 is 0 Å². The van der Waals surface area contributed by atoms with Crippen LogP contribution in [-0.4, -0.2) is 550 Å². The van der Waals surface area contributed by atoms with Gasteiger partial charge in [-0.3, -0.25) is 34.1 Å². The lowest BCUT2D eigenvalue weighted by atomic mass is 10.0. The minimum absolute atomic E-state index is 0.0269. The maximum atomic E-state index is 11.4. The number of ketones is 2. The van der Waals surface area contributed by atoms with Crippen molar-refractivity contribution < 1.29 is 167 Å². The van der Waals surface area contributed by atoms with Crippen LogP contribution in [0.15, 0.2) is 30.3 Å². The molecule has 40 heteroatoms. The van der Waals surface area contributed by atoms with Crippen LogP contribution in [0.3, 0.4) is 0 Å². The summed E-state index contributed by atoms with van der Waals surface area (Å²) in [4.78, 5) is 35.5. The van der Waals surface area contributed by atoms with Crippen LogP contribution < -0.4 is 4.74 Å². The number of Topliss-reactive ketones (excluding diaryl/α,β-unsaturated/α-hetero) is 2. The van der Waals surface area contributed by atoms with Crippen LogP contribution in [0.25, 0.3) is 0 Å². The molecule has 1 aromatic rings. The summed E-state index contributed by atoms with van der Waals surface area (Å²) in [5, 5.41) is 141. The second kappa shape index (κ2) is 129. The summed E-state index contributed by atoms with van der Waals surface area (Å²) in [5.74, 6) is 0.908. The average Bonchev–Trinajstić information content (AvgIpc) is 0.842. The van der Waals surface area contributed by atoms with E-state index in [9.17, 15) is 9.59 Å². The van der Waals surface area contributed by atoms with Crippen molar-refractivity contribution >= 4 is 11.6 Å². The Labute approximate surface area is 849 Å². The van der Waals surface area contributed by atoms with E-state index in [1.807, 2.05) is 30.3 Å². The molecular weight excluding hydrogens is 1840 g/mol. The number of rotatable bonds is 109. The molecule has 16 N–H and O–H groups in total. The minimum atomic E-state index is -1.18. The molecule has 0 unspecified atom stereocenters. The fourth-order valence-corrected chi connectivity index (χ4v) is 13.4. The van der Waals surface area contributed by atoms with E-state index in [0.29, 0.717) is 224 Å². The summed E-state index contributed by atoms with van der Waals surface area (Å²) in [6.45, 7) is 31.1. The molecule has 0 heterocycles. The van der Waals surface area contributed by atoms with Gasteiger partial charge < -0.3 is 162 Å². The molecule has 1 rings (SSSR count). The van der Waals surface area contributed by atoms with Gasteiger partial charge in [0.15, 0.2) is 0 Å². The maximum absolute atomic E-state index is 11.4. The van der Waals surface area contributed by atoms with Crippen molar-refractivity contribution in [1.29, 1.82) is 0 Å². The van der Waals surface area contributed by atoms with Gasteiger partial charge in [0.2, 0.25) is 0 Å². The molecule has 141 heavy (non-hydrogen) atoms. The molecule has 0 aliphatic rings. The predicted octanol–water partition coefficient (Wildman–Crippen LogP) is 2.62. The molecule has 0 saturated carbocycles. The Bertz CT molecular complexity index is 2350. The number of hydrogen-bond acceptors (Lipinski definition) is 40. The van der Waals surface area contributed by atoms with Crippen LogP contribution in [-0.2, 0) is 80.6 Å². The van der Waals surface area contributed by atoms with Crippen LogP contribution in [0.2, 0.25) is 0 Å². The van der Waals surface area contributed by atoms with Gasteiger partial charge in [-0.25, -0.2) is 0 Å². The fraction of sp³-hybridized carbons (Fsp3) is 0.921. The lowest BCUT2D eigenvalue weighted by Gasteiger charge is -2.39. The van der Waals surface area contributed by atoms with E-state index in [4.69, 9.17) is 157 Å². The van der Waals surface area contributed by atoms with Gasteiger partial charge in [0, 0.05) is 157 Å². The van der Waals surface area contributed by atoms with Crippen LogP contribution in [0.5, 0.6) is 5.75 Å². The second-order valence-electron chi connectivity index (χ2n) is 33.2. The predicted molar refractivity (Wildman–Crippen MR) is 547 cm³/mol. The number of para-hydroxylation sites is 1. The summed E-state index contributed by atoms with van der Waals surface area (Å²) in [6.07, 6.45) is 29.7. The van der Waals surface area contributed by atoms with E-state index in [1.165, 1.54) is 133 Å². The lowest BCUT2D eigenvalue weighted by Crippen LogP contribution is -2.58. The van der Waals surface area contributed by atoms with E-state index in [1.54, 1.807) is 7.11 Å².